The van der Waals surface area contributed by atoms with Crippen LogP contribution in [0.15, 0.2) is 42.5 Å². The van der Waals surface area contributed by atoms with E-state index in [1.54, 1.807) is 18.2 Å². The second kappa shape index (κ2) is 7.15. The van der Waals surface area contributed by atoms with Crippen molar-refractivity contribution < 1.29 is 0 Å². The molecule has 108 valence electrons. The summed E-state index contributed by atoms with van der Waals surface area (Å²) in [5.74, 6) is 0. The lowest BCUT2D eigenvalue weighted by Gasteiger charge is -2.17. The number of hydrogen-bond acceptors (Lipinski definition) is 2. The van der Waals surface area contributed by atoms with Gasteiger partial charge in [-0.3, -0.25) is 0 Å². The van der Waals surface area contributed by atoms with E-state index in [9.17, 15) is 0 Å². The molecule has 0 amide bonds. The van der Waals surface area contributed by atoms with Crippen LogP contribution in [0.25, 0.3) is 0 Å². The summed E-state index contributed by atoms with van der Waals surface area (Å²) in [5.41, 5.74) is 3.93. The number of rotatable bonds is 5. The first-order valence-corrected chi connectivity index (χ1v) is 7.57. The van der Waals surface area contributed by atoms with E-state index in [2.05, 4.69) is 49.5 Å². The summed E-state index contributed by atoms with van der Waals surface area (Å²) < 4.78 is 0. The summed E-state index contributed by atoms with van der Waals surface area (Å²) >= 11 is 6.01. The Kier molecular flexibility index (Phi) is 5.25. The molecule has 1 atom stereocenters. The molecule has 0 saturated carbocycles. The maximum absolute atomic E-state index is 9.16. The average Bonchev–Trinajstić information content (AvgIpc) is 2.48. The Morgan fingerprint density at radius 1 is 1.19 bits per heavy atom. The molecule has 0 aliphatic carbocycles. The van der Waals surface area contributed by atoms with Crippen LogP contribution in [0.4, 0.5) is 5.69 Å². The number of nitrogens with zero attached hydrogens (tertiary/aromatic N) is 1. The fourth-order valence-corrected chi connectivity index (χ4v) is 2.48. The van der Waals surface area contributed by atoms with Crippen molar-refractivity contribution in [3.8, 4) is 6.07 Å². The Bertz CT molecular complexity index is 641. The lowest BCUT2D eigenvalue weighted by atomic mass is 10.0. The van der Waals surface area contributed by atoms with Gasteiger partial charge in [0.05, 0.1) is 11.3 Å². The molecule has 0 heterocycles. The molecule has 1 N–H and O–H groups in total. The molecule has 0 aliphatic rings. The zero-order valence-electron chi connectivity index (χ0n) is 12.4. The van der Waals surface area contributed by atoms with Crippen LogP contribution in [-0.4, -0.2) is 0 Å². The standard InChI is InChI=1S/C18H19ClN2/c1-3-4-14-5-7-15(8-6-14)13(2)21-18-11-17(19)10-9-16(18)12-20/h5-11,13,21H,3-4H2,1-2H3. The second-order valence-electron chi connectivity index (χ2n) is 5.16. The molecular weight excluding hydrogens is 280 g/mol. The SMILES string of the molecule is CCCc1ccc(C(C)Nc2cc(Cl)ccc2C#N)cc1. The lowest BCUT2D eigenvalue weighted by Crippen LogP contribution is -2.08. The highest BCUT2D eigenvalue weighted by Gasteiger charge is 2.09. The van der Waals surface area contributed by atoms with Crippen LogP contribution >= 0.6 is 11.6 Å². The first kappa shape index (κ1) is 15.4. The Morgan fingerprint density at radius 2 is 1.90 bits per heavy atom. The summed E-state index contributed by atoms with van der Waals surface area (Å²) in [6.45, 7) is 4.26. The van der Waals surface area contributed by atoms with E-state index < -0.39 is 0 Å². The van der Waals surface area contributed by atoms with Crippen molar-refractivity contribution in [2.45, 2.75) is 32.7 Å². The Balaban J connectivity index is 2.16. The molecule has 3 heteroatoms. The Labute approximate surface area is 131 Å². The number of benzene rings is 2. The van der Waals surface area contributed by atoms with Crippen molar-refractivity contribution in [2.75, 3.05) is 5.32 Å². The van der Waals surface area contributed by atoms with Crippen molar-refractivity contribution >= 4 is 17.3 Å². The summed E-state index contributed by atoms with van der Waals surface area (Å²) in [4.78, 5) is 0. The molecule has 0 bridgehead atoms. The van der Waals surface area contributed by atoms with Crippen LogP contribution in [0.1, 0.15) is 43.0 Å². The van der Waals surface area contributed by atoms with E-state index in [0.29, 0.717) is 10.6 Å². The van der Waals surface area contributed by atoms with Gasteiger partial charge >= 0.3 is 0 Å². The van der Waals surface area contributed by atoms with Gasteiger partial charge in [-0.25, -0.2) is 0 Å². The quantitative estimate of drug-likeness (QED) is 0.809. The van der Waals surface area contributed by atoms with E-state index >= 15 is 0 Å². The average molecular weight is 299 g/mol. The molecule has 0 saturated heterocycles. The van der Waals surface area contributed by atoms with E-state index in [4.69, 9.17) is 16.9 Å². The zero-order valence-corrected chi connectivity index (χ0v) is 13.1. The van der Waals surface area contributed by atoms with Crippen molar-refractivity contribution in [1.82, 2.24) is 0 Å². The van der Waals surface area contributed by atoms with Crippen LogP contribution in [0.5, 0.6) is 0 Å². The van der Waals surface area contributed by atoms with Crippen molar-refractivity contribution in [3.05, 3.63) is 64.2 Å². The number of nitrogens with one attached hydrogen (secondary N) is 1. The van der Waals surface area contributed by atoms with Crippen molar-refractivity contribution in [1.29, 1.82) is 5.26 Å². The predicted molar refractivity (Wildman–Crippen MR) is 88.6 cm³/mol. The van der Waals surface area contributed by atoms with Crippen LogP contribution < -0.4 is 5.32 Å². The van der Waals surface area contributed by atoms with E-state index in [-0.39, 0.29) is 6.04 Å². The third-order valence-electron chi connectivity index (χ3n) is 3.49. The molecule has 2 aromatic rings. The smallest absolute Gasteiger partial charge is 0.101 e. The summed E-state index contributed by atoms with van der Waals surface area (Å²) in [5, 5.41) is 13.1. The monoisotopic (exact) mass is 298 g/mol. The maximum atomic E-state index is 9.16. The largest absolute Gasteiger partial charge is 0.377 e. The van der Waals surface area contributed by atoms with Gasteiger partial charge < -0.3 is 5.32 Å². The predicted octanol–water partition coefficient (Wildman–Crippen LogP) is 5.34. The van der Waals surface area contributed by atoms with E-state index in [0.717, 1.165) is 18.5 Å². The molecule has 0 radical (unpaired) electrons. The first-order chi connectivity index (χ1) is 10.1. The van der Waals surface area contributed by atoms with Gasteiger partial charge in [0.2, 0.25) is 0 Å². The van der Waals surface area contributed by atoms with Gasteiger partial charge in [-0.15, -0.1) is 0 Å². The van der Waals surface area contributed by atoms with Crippen LogP contribution in [0.2, 0.25) is 5.02 Å². The normalized spacial score (nSPS) is 11.7. The summed E-state index contributed by atoms with van der Waals surface area (Å²) in [6, 6.07) is 16.2. The summed E-state index contributed by atoms with van der Waals surface area (Å²) in [6.07, 6.45) is 2.26. The highest BCUT2D eigenvalue weighted by molar-refractivity contribution is 6.30. The van der Waals surface area contributed by atoms with E-state index in [1.807, 2.05) is 0 Å². The Hall–Kier alpha value is -1.98. The molecule has 2 nitrogen and oxygen atoms in total. The molecule has 0 spiro atoms. The minimum atomic E-state index is 0.117. The number of nitriles is 1. The van der Waals surface area contributed by atoms with Gasteiger partial charge in [0.1, 0.15) is 6.07 Å². The molecular formula is C18H19ClN2. The third kappa shape index (κ3) is 4.00. The fraction of sp³-hybridized carbons (Fsp3) is 0.278. The van der Waals surface area contributed by atoms with Crippen molar-refractivity contribution in [3.63, 3.8) is 0 Å². The fourth-order valence-electron chi connectivity index (χ4n) is 2.31. The maximum Gasteiger partial charge on any atom is 0.101 e. The first-order valence-electron chi connectivity index (χ1n) is 7.19. The van der Waals surface area contributed by atoms with Gasteiger partial charge in [-0.1, -0.05) is 49.2 Å². The van der Waals surface area contributed by atoms with Gasteiger partial charge in [-0.05, 0) is 42.7 Å². The molecule has 0 aliphatic heterocycles. The molecule has 2 aromatic carbocycles. The van der Waals surface area contributed by atoms with Crippen molar-refractivity contribution in [2.24, 2.45) is 0 Å². The third-order valence-corrected chi connectivity index (χ3v) is 3.73. The number of hydrogen-bond donors (Lipinski definition) is 1. The van der Waals surface area contributed by atoms with Crippen LogP contribution in [0, 0.1) is 11.3 Å². The lowest BCUT2D eigenvalue weighted by molar-refractivity contribution is 0.876. The highest BCUT2D eigenvalue weighted by atomic mass is 35.5. The molecule has 21 heavy (non-hydrogen) atoms. The molecule has 0 aromatic heterocycles. The number of anilines is 1. The minimum absolute atomic E-state index is 0.117. The molecule has 1 unspecified atom stereocenters. The van der Waals surface area contributed by atoms with Gasteiger partial charge in [0.15, 0.2) is 0 Å². The van der Waals surface area contributed by atoms with Gasteiger partial charge in [0.25, 0.3) is 0 Å². The van der Waals surface area contributed by atoms with E-state index in [1.165, 1.54) is 11.1 Å². The Morgan fingerprint density at radius 3 is 2.52 bits per heavy atom. The number of aryl methyl sites for hydroxylation is 1. The van der Waals surface area contributed by atoms with Gasteiger partial charge in [-0.2, -0.15) is 5.26 Å². The molecule has 0 fully saturated rings. The second-order valence-corrected chi connectivity index (χ2v) is 5.60. The molecule has 2 rings (SSSR count). The zero-order chi connectivity index (χ0) is 15.2. The number of halogens is 1. The topological polar surface area (TPSA) is 35.8 Å². The van der Waals surface area contributed by atoms with Crippen LogP contribution in [0.3, 0.4) is 0 Å². The van der Waals surface area contributed by atoms with Crippen LogP contribution in [-0.2, 0) is 6.42 Å². The summed E-state index contributed by atoms with van der Waals surface area (Å²) in [7, 11) is 0. The minimum Gasteiger partial charge on any atom is -0.377 e. The van der Waals surface area contributed by atoms with Gasteiger partial charge in [0, 0.05) is 11.1 Å². The highest BCUT2D eigenvalue weighted by Crippen LogP contribution is 2.25.